The lowest BCUT2D eigenvalue weighted by molar-refractivity contribution is -0.114. The monoisotopic (exact) mass is 445 g/mol. The predicted octanol–water partition coefficient (Wildman–Crippen LogP) is 5.43. The standard InChI is InChI=1S/C20H17Cl2N5OS/c1-4-17-25-27-18(23)14(19(28)24-20(27)29-17)8-12-7-10(2)26(11(12)3)16-9-13(21)5-6-15(16)22/h5-9,23H,4H2,1-3H3. The molecule has 0 fully saturated rings. The largest absolute Gasteiger partial charge is 0.316 e. The molecule has 1 aromatic carbocycles. The fraction of sp³-hybridized carbons (Fsp3) is 0.200. The number of aromatic nitrogens is 1. The molecule has 1 amide bonds. The number of carbonyl (C=O) groups is 1. The number of amides is 1. The lowest BCUT2D eigenvalue weighted by atomic mass is 10.1. The topological polar surface area (TPSA) is 73.8 Å². The summed E-state index contributed by atoms with van der Waals surface area (Å²) >= 11 is 13.9. The number of benzene rings is 1. The van der Waals surface area contributed by atoms with Crippen molar-refractivity contribution in [2.45, 2.75) is 27.2 Å². The zero-order valence-corrected chi connectivity index (χ0v) is 18.3. The summed E-state index contributed by atoms with van der Waals surface area (Å²) in [4.78, 5) is 16.7. The molecule has 0 bridgehead atoms. The van der Waals surface area contributed by atoms with Crippen molar-refractivity contribution < 1.29 is 4.79 Å². The molecule has 0 saturated carbocycles. The number of hydrazone groups is 1. The number of aliphatic imine (C=N–C) groups is 1. The van der Waals surface area contributed by atoms with Gasteiger partial charge in [0.15, 0.2) is 5.84 Å². The smallest absolute Gasteiger partial charge is 0.283 e. The Bertz CT molecular complexity index is 1160. The van der Waals surface area contributed by atoms with Gasteiger partial charge in [-0.15, -0.1) is 0 Å². The number of hydrogen-bond donors (Lipinski definition) is 1. The van der Waals surface area contributed by atoms with Crippen molar-refractivity contribution in [3.8, 4) is 5.69 Å². The first-order chi connectivity index (χ1) is 13.8. The molecule has 2 aliphatic rings. The predicted molar refractivity (Wildman–Crippen MR) is 121 cm³/mol. The minimum absolute atomic E-state index is 0.0292. The average molecular weight is 446 g/mol. The number of thioether (sulfide) groups is 1. The Morgan fingerprint density at radius 2 is 2.00 bits per heavy atom. The Labute approximate surface area is 182 Å². The molecule has 148 valence electrons. The van der Waals surface area contributed by atoms with Crippen LogP contribution < -0.4 is 0 Å². The first-order valence-electron chi connectivity index (χ1n) is 8.93. The Morgan fingerprint density at radius 1 is 1.24 bits per heavy atom. The van der Waals surface area contributed by atoms with Crippen LogP contribution >= 0.6 is 35.0 Å². The highest BCUT2D eigenvalue weighted by Gasteiger charge is 2.35. The van der Waals surface area contributed by atoms with Gasteiger partial charge in [0.1, 0.15) is 5.04 Å². The van der Waals surface area contributed by atoms with E-state index in [0.29, 0.717) is 15.2 Å². The maximum Gasteiger partial charge on any atom is 0.283 e. The van der Waals surface area contributed by atoms with Crippen LogP contribution in [0.1, 0.15) is 30.3 Å². The van der Waals surface area contributed by atoms with Crippen molar-refractivity contribution >= 4 is 63.0 Å². The van der Waals surface area contributed by atoms with Crippen molar-refractivity contribution in [2.75, 3.05) is 0 Å². The lowest BCUT2D eigenvalue weighted by Crippen LogP contribution is -2.35. The number of amidine groups is 2. The van der Waals surface area contributed by atoms with E-state index in [2.05, 4.69) is 10.1 Å². The Hall–Kier alpha value is -2.35. The summed E-state index contributed by atoms with van der Waals surface area (Å²) in [5.41, 5.74) is 3.57. The second-order valence-corrected chi connectivity index (χ2v) is 8.51. The Balaban J connectivity index is 1.78. The van der Waals surface area contributed by atoms with E-state index in [-0.39, 0.29) is 11.4 Å². The Morgan fingerprint density at radius 3 is 2.72 bits per heavy atom. The average Bonchev–Trinajstić information content (AvgIpc) is 3.21. The summed E-state index contributed by atoms with van der Waals surface area (Å²) in [5.74, 6) is -0.409. The van der Waals surface area contributed by atoms with Crippen LogP contribution in [-0.4, -0.2) is 31.5 Å². The fourth-order valence-corrected chi connectivity index (χ4v) is 4.48. The van der Waals surface area contributed by atoms with Crippen molar-refractivity contribution in [3.05, 3.63) is 56.8 Å². The molecule has 1 N–H and O–H groups in total. The lowest BCUT2D eigenvalue weighted by Gasteiger charge is -2.20. The van der Waals surface area contributed by atoms with Gasteiger partial charge < -0.3 is 4.57 Å². The molecule has 9 heteroatoms. The molecule has 1 aromatic heterocycles. The molecule has 0 spiro atoms. The number of hydrogen-bond acceptors (Lipinski definition) is 4. The summed E-state index contributed by atoms with van der Waals surface area (Å²) in [6.07, 6.45) is 2.41. The van der Waals surface area contributed by atoms with E-state index >= 15 is 0 Å². The van der Waals surface area contributed by atoms with Crippen molar-refractivity contribution in [1.29, 1.82) is 5.41 Å². The van der Waals surface area contributed by atoms with Gasteiger partial charge in [0.25, 0.3) is 5.91 Å². The molecule has 4 rings (SSSR count). The van der Waals surface area contributed by atoms with Gasteiger partial charge in [-0.25, -0.2) is 0 Å². The molecule has 0 aliphatic carbocycles. The van der Waals surface area contributed by atoms with Crippen LogP contribution in [0.5, 0.6) is 0 Å². The van der Waals surface area contributed by atoms with Crippen LogP contribution in [0.3, 0.4) is 0 Å². The highest BCUT2D eigenvalue weighted by molar-refractivity contribution is 8.26. The van der Waals surface area contributed by atoms with Gasteiger partial charge in [-0.3, -0.25) is 10.2 Å². The van der Waals surface area contributed by atoms with Crippen LogP contribution in [0.15, 0.2) is 39.9 Å². The van der Waals surface area contributed by atoms with Gasteiger partial charge in [-0.2, -0.15) is 15.1 Å². The van der Waals surface area contributed by atoms with Gasteiger partial charge in [-0.05, 0) is 67.9 Å². The summed E-state index contributed by atoms with van der Waals surface area (Å²) in [6.45, 7) is 5.86. The molecule has 0 unspecified atom stereocenters. The molecule has 2 aliphatic heterocycles. The summed E-state index contributed by atoms with van der Waals surface area (Å²) in [6, 6.07) is 7.23. The summed E-state index contributed by atoms with van der Waals surface area (Å²) in [7, 11) is 0. The van der Waals surface area contributed by atoms with Gasteiger partial charge in [0.05, 0.1) is 16.3 Å². The van der Waals surface area contributed by atoms with Gasteiger partial charge >= 0.3 is 0 Å². The van der Waals surface area contributed by atoms with E-state index in [0.717, 1.165) is 34.1 Å². The van der Waals surface area contributed by atoms with E-state index in [4.69, 9.17) is 28.6 Å². The molecule has 0 radical (unpaired) electrons. The van der Waals surface area contributed by atoms with Crippen LogP contribution in [0.2, 0.25) is 10.0 Å². The molecule has 0 atom stereocenters. The first-order valence-corrected chi connectivity index (χ1v) is 10.5. The molecule has 29 heavy (non-hydrogen) atoms. The zero-order valence-electron chi connectivity index (χ0n) is 16.0. The first kappa shape index (κ1) is 19.9. The summed E-state index contributed by atoms with van der Waals surface area (Å²) < 4.78 is 1.98. The van der Waals surface area contributed by atoms with Gasteiger partial charge in [0.2, 0.25) is 5.17 Å². The van der Waals surface area contributed by atoms with Crippen molar-refractivity contribution in [1.82, 2.24) is 9.58 Å². The Kier molecular flexibility index (Phi) is 5.14. The minimum Gasteiger partial charge on any atom is -0.316 e. The molecule has 6 nitrogen and oxygen atoms in total. The van der Waals surface area contributed by atoms with Crippen LogP contribution in [0.4, 0.5) is 0 Å². The SMILES string of the molecule is CCC1=NN2C(=N)C(=Cc3cc(C)n(-c4cc(Cl)ccc4Cl)c3C)C(=O)N=C2S1. The number of fused-ring (bicyclic) bond motifs is 1. The molecular formula is C20H17Cl2N5OS. The van der Waals surface area contributed by atoms with Crippen molar-refractivity contribution in [2.24, 2.45) is 10.1 Å². The minimum atomic E-state index is -0.438. The normalized spacial score (nSPS) is 17.7. The van der Waals surface area contributed by atoms with Crippen molar-refractivity contribution in [3.63, 3.8) is 0 Å². The van der Waals surface area contributed by atoms with Crippen LogP contribution in [0, 0.1) is 19.3 Å². The third kappa shape index (κ3) is 3.43. The third-order valence-corrected chi connectivity index (χ3v) is 6.33. The number of nitrogens with one attached hydrogen (secondary N) is 1. The maximum atomic E-state index is 12.6. The van der Waals surface area contributed by atoms with Gasteiger partial charge in [0, 0.05) is 16.4 Å². The number of carbonyl (C=O) groups excluding carboxylic acids is 1. The van der Waals surface area contributed by atoms with Gasteiger partial charge in [-0.1, -0.05) is 30.1 Å². The van der Waals surface area contributed by atoms with E-state index in [9.17, 15) is 4.79 Å². The number of halogens is 2. The molecule has 0 saturated heterocycles. The second kappa shape index (κ2) is 7.48. The number of aryl methyl sites for hydroxylation is 1. The van der Waals surface area contributed by atoms with E-state index < -0.39 is 5.91 Å². The fourth-order valence-electron chi connectivity index (χ4n) is 3.29. The van der Waals surface area contributed by atoms with E-state index in [1.807, 2.05) is 31.4 Å². The third-order valence-electron chi connectivity index (χ3n) is 4.72. The summed E-state index contributed by atoms with van der Waals surface area (Å²) in [5, 5.41) is 16.7. The van der Waals surface area contributed by atoms with Crippen LogP contribution in [0.25, 0.3) is 11.8 Å². The molecule has 2 aromatic rings. The zero-order chi connectivity index (χ0) is 20.9. The van der Waals surface area contributed by atoms with Crippen LogP contribution in [-0.2, 0) is 4.79 Å². The molecule has 3 heterocycles. The van der Waals surface area contributed by atoms with E-state index in [1.165, 1.54) is 16.8 Å². The number of rotatable bonds is 3. The maximum absolute atomic E-state index is 12.6. The molecular weight excluding hydrogens is 429 g/mol. The highest BCUT2D eigenvalue weighted by Crippen LogP contribution is 2.32. The number of nitrogens with zero attached hydrogens (tertiary/aromatic N) is 4. The quantitative estimate of drug-likeness (QED) is 0.639. The second-order valence-electron chi connectivity index (χ2n) is 6.62. The highest BCUT2D eigenvalue weighted by atomic mass is 35.5. The van der Waals surface area contributed by atoms with E-state index in [1.54, 1.807) is 24.3 Å².